The standard InChI is InChI=1S/C7H8N2O/c10-3-1-2-7-4-8-6-9-5-7/h1-2,4-6,10H,3H2/b2-1+. The van der Waals surface area contributed by atoms with Gasteiger partial charge in [0.15, 0.2) is 0 Å². The second-order valence-corrected chi connectivity index (χ2v) is 1.76. The molecular weight excluding hydrogens is 128 g/mol. The van der Waals surface area contributed by atoms with E-state index in [0.29, 0.717) is 0 Å². The van der Waals surface area contributed by atoms with Crippen molar-refractivity contribution in [1.82, 2.24) is 9.97 Å². The molecule has 0 bridgehead atoms. The van der Waals surface area contributed by atoms with Crippen molar-refractivity contribution in [3.63, 3.8) is 0 Å². The summed E-state index contributed by atoms with van der Waals surface area (Å²) in [6.07, 6.45) is 8.23. The summed E-state index contributed by atoms with van der Waals surface area (Å²) in [5.74, 6) is 0. The molecule has 1 N–H and O–H groups in total. The fourth-order valence-electron chi connectivity index (χ4n) is 0.585. The van der Waals surface area contributed by atoms with Gasteiger partial charge in [-0.15, -0.1) is 0 Å². The highest BCUT2D eigenvalue weighted by molar-refractivity contribution is 5.45. The van der Waals surface area contributed by atoms with Gasteiger partial charge in [0, 0.05) is 18.0 Å². The Bertz CT molecular complexity index is 208. The van der Waals surface area contributed by atoms with E-state index in [1.165, 1.54) is 6.33 Å². The summed E-state index contributed by atoms with van der Waals surface area (Å²) in [7, 11) is 0. The fourth-order valence-corrected chi connectivity index (χ4v) is 0.585. The molecule has 0 aromatic carbocycles. The predicted molar refractivity (Wildman–Crippen MR) is 38.2 cm³/mol. The third-order valence-corrected chi connectivity index (χ3v) is 0.996. The zero-order valence-electron chi connectivity index (χ0n) is 5.44. The summed E-state index contributed by atoms with van der Waals surface area (Å²) >= 11 is 0. The zero-order valence-corrected chi connectivity index (χ0v) is 5.44. The summed E-state index contributed by atoms with van der Waals surface area (Å²) in [6.45, 7) is 0.0505. The first kappa shape index (κ1) is 6.89. The second kappa shape index (κ2) is 3.74. The van der Waals surface area contributed by atoms with Gasteiger partial charge in [-0.25, -0.2) is 9.97 Å². The van der Waals surface area contributed by atoms with Gasteiger partial charge in [-0.05, 0) is 0 Å². The number of rotatable bonds is 2. The van der Waals surface area contributed by atoms with Crippen LogP contribution in [0.4, 0.5) is 0 Å². The summed E-state index contributed by atoms with van der Waals surface area (Å²) in [6, 6.07) is 0. The highest BCUT2D eigenvalue weighted by Gasteiger charge is 1.81. The molecule has 1 rings (SSSR count). The van der Waals surface area contributed by atoms with E-state index in [9.17, 15) is 0 Å². The molecule has 1 aromatic rings. The number of aliphatic hydroxyl groups excluding tert-OH is 1. The van der Waals surface area contributed by atoms with Crippen molar-refractivity contribution >= 4 is 6.08 Å². The molecule has 0 atom stereocenters. The number of hydrogen-bond donors (Lipinski definition) is 1. The molecule has 0 unspecified atom stereocenters. The zero-order chi connectivity index (χ0) is 7.23. The third-order valence-electron chi connectivity index (χ3n) is 0.996. The van der Waals surface area contributed by atoms with Crippen molar-refractivity contribution in [2.24, 2.45) is 0 Å². The van der Waals surface area contributed by atoms with Crippen molar-refractivity contribution in [2.45, 2.75) is 0 Å². The van der Waals surface area contributed by atoms with E-state index < -0.39 is 0 Å². The quantitative estimate of drug-likeness (QED) is 0.643. The molecule has 1 heterocycles. The van der Waals surface area contributed by atoms with Crippen LogP contribution in [0.15, 0.2) is 24.8 Å². The Balaban J connectivity index is 2.67. The van der Waals surface area contributed by atoms with Crippen LogP contribution in [0.5, 0.6) is 0 Å². The third kappa shape index (κ3) is 1.95. The minimum Gasteiger partial charge on any atom is -0.392 e. The van der Waals surface area contributed by atoms with Crippen LogP contribution in [-0.4, -0.2) is 21.7 Å². The maximum Gasteiger partial charge on any atom is 0.115 e. The monoisotopic (exact) mass is 136 g/mol. The van der Waals surface area contributed by atoms with Crippen molar-refractivity contribution in [3.8, 4) is 0 Å². The van der Waals surface area contributed by atoms with E-state index in [1.807, 2.05) is 0 Å². The lowest BCUT2D eigenvalue weighted by Crippen LogP contribution is -1.78. The van der Waals surface area contributed by atoms with Gasteiger partial charge in [0.05, 0.1) is 6.61 Å². The van der Waals surface area contributed by atoms with E-state index in [4.69, 9.17) is 5.11 Å². The Hall–Kier alpha value is -1.22. The minimum absolute atomic E-state index is 0.0505. The maximum atomic E-state index is 8.40. The number of aromatic nitrogens is 2. The molecular formula is C7H8N2O. The van der Waals surface area contributed by atoms with E-state index in [1.54, 1.807) is 24.5 Å². The van der Waals surface area contributed by atoms with Gasteiger partial charge in [-0.2, -0.15) is 0 Å². The van der Waals surface area contributed by atoms with Gasteiger partial charge in [0.2, 0.25) is 0 Å². The molecule has 0 saturated carbocycles. The van der Waals surface area contributed by atoms with Crippen LogP contribution in [0.25, 0.3) is 6.08 Å². The molecule has 0 spiro atoms. The van der Waals surface area contributed by atoms with Gasteiger partial charge < -0.3 is 5.11 Å². The smallest absolute Gasteiger partial charge is 0.115 e. The minimum atomic E-state index is 0.0505. The largest absolute Gasteiger partial charge is 0.392 e. The van der Waals surface area contributed by atoms with Gasteiger partial charge in [-0.3, -0.25) is 0 Å². The highest BCUT2D eigenvalue weighted by Crippen LogP contribution is 1.94. The molecule has 0 aliphatic heterocycles. The van der Waals surface area contributed by atoms with E-state index in [-0.39, 0.29) is 6.61 Å². The molecule has 0 amide bonds. The first-order valence-corrected chi connectivity index (χ1v) is 2.96. The molecule has 3 heteroatoms. The molecule has 3 nitrogen and oxygen atoms in total. The molecule has 0 aliphatic carbocycles. The molecule has 0 fully saturated rings. The van der Waals surface area contributed by atoms with Crippen LogP contribution in [0.1, 0.15) is 5.56 Å². The summed E-state index contributed by atoms with van der Waals surface area (Å²) in [4.78, 5) is 7.59. The van der Waals surface area contributed by atoms with Gasteiger partial charge in [0.1, 0.15) is 6.33 Å². The molecule has 0 saturated heterocycles. The Morgan fingerprint density at radius 1 is 1.40 bits per heavy atom. The van der Waals surface area contributed by atoms with Gasteiger partial charge in [-0.1, -0.05) is 12.2 Å². The Morgan fingerprint density at radius 2 is 2.10 bits per heavy atom. The predicted octanol–water partition coefficient (Wildman–Crippen LogP) is 0.482. The molecule has 1 aromatic heterocycles. The van der Waals surface area contributed by atoms with Crippen molar-refractivity contribution in [2.75, 3.05) is 6.61 Å². The van der Waals surface area contributed by atoms with Crippen LogP contribution >= 0.6 is 0 Å². The Kier molecular flexibility index (Phi) is 2.58. The highest BCUT2D eigenvalue weighted by atomic mass is 16.2. The lowest BCUT2D eigenvalue weighted by Gasteiger charge is -1.86. The molecule has 52 valence electrons. The first-order chi connectivity index (χ1) is 4.93. The molecule has 0 radical (unpaired) electrons. The fraction of sp³-hybridized carbons (Fsp3) is 0.143. The number of hydrogen-bond acceptors (Lipinski definition) is 3. The maximum absolute atomic E-state index is 8.40. The van der Waals surface area contributed by atoms with E-state index in [2.05, 4.69) is 9.97 Å². The average molecular weight is 136 g/mol. The Labute approximate surface area is 59.1 Å². The summed E-state index contributed by atoms with van der Waals surface area (Å²) < 4.78 is 0. The van der Waals surface area contributed by atoms with Gasteiger partial charge in [0.25, 0.3) is 0 Å². The SMILES string of the molecule is OC/C=C/c1cncnc1. The van der Waals surface area contributed by atoms with Crippen molar-refractivity contribution < 1.29 is 5.11 Å². The van der Waals surface area contributed by atoms with Gasteiger partial charge >= 0.3 is 0 Å². The van der Waals surface area contributed by atoms with Crippen molar-refractivity contribution in [1.29, 1.82) is 0 Å². The first-order valence-electron chi connectivity index (χ1n) is 2.96. The second-order valence-electron chi connectivity index (χ2n) is 1.76. The normalized spacial score (nSPS) is 10.5. The topological polar surface area (TPSA) is 46.0 Å². The van der Waals surface area contributed by atoms with Crippen LogP contribution in [-0.2, 0) is 0 Å². The van der Waals surface area contributed by atoms with E-state index >= 15 is 0 Å². The summed E-state index contributed by atoms with van der Waals surface area (Å²) in [5, 5.41) is 8.40. The summed E-state index contributed by atoms with van der Waals surface area (Å²) in [5.41, 5.74) is 0.900. The lowest BCUT2D eigenvalue weighted by molar-refractivity contribution is 0.343. The molecule has 10 heavy (non-hydrogen) atoms. The van der Waals surface area contributed by atoms with Crippen LogP contribution in [0.3, 0.4) is 0 Å². The van der Waals surface area contributed by atoms with Crippen LogP contribution in [0.2, 0.25) is 0 Å². The van der Waals surface area contributed by atoms with Crippen LogP contribution < -0.4 is 0 Å². The van der Waals surface area contributed by atoms with Crippen molar-refractivity contribution in [3.05, 3.63) is 30.4 Å². The Morgan fingerprint density at radius 3 is 2.70 bits per heavy atom. The number of aliphatic hydroxyl groups is 1. The number of nitrogens with zero attached hydrogens (tertiary/aromatic N) is 2. The molecule has 0 aliphatic rings. The van der Waals surface area contributed by atoms with E-state index in [0.717, 1.165) is 5.56 Å². The average Bonchev–Trinajstić information content (AvgIpc) is 2.03. The van der Waals surface area contributed by atoms with Crippen LogP contribution in [0, 0.1) is 0 Å². The lowest BCUT2D eigenvalue weighted by atomic mass is 10.3.